The number of rotatable bonds is 2. The molecule has 1 aromatic heterocycles. The summed E-state index contributed by atoms with van der Waals surface area (Å²) in [6.45, 7) is 3.94. The lowest BCUT2D eigenvalue weighted by molar-refractivity contribution is 1.63. The Bertz CT molecular complexity index is 960. The van der Waals surface area contributed by atoms with Crippen molar-refractivity contribution in [3.8, 4) is 11.1 Å². The zero-order valence-corrected chi connectivity index (χ0v) is 12.4. The zero-order valence-electron chi connectivity index (χ0n) is 11.5. The maximum Gasteiger partial charge on any atom is 0.0434 e. The van der Waals surface area contributed by atoms with Crippen LogP contribution in [0.3, 0.4) is 0 Å². The van der Waals surface area contributed by atoms with Crippen LogP contribution >= 0.6 is 11.3 Å². The van der Waals surface area contributed by atoms with Crippen molar-refractivity contribution in [1.29, 1.82) is 0 Å². The highest BCUT2D eigenvalue weighted by Gasteiger charge is 2.11. The molecule has 0 nitrogen and oxygen atoms in total. The molecule has 4 rings (SSSR count). The van der Waals surface area contributed by atoms with Crippen molar-refractivity contribution in [2.45, 2.75) is 0 Å². The molecule has 0 aliphatic heterocycles. The normalized spacial score (nSPS) is 11.0. The van der Waals surface area contributed by atoms with Crippen LogP contribution in [0.4, 0.5) is 0 Å². The average Bonchev–Trinajstić information content (AvgIpc) is 2.93. The Labute approximate surface area is 128 Å². The molecule has 0 N–H and O–H groups in total. The standard InChI is InChI=1S/C20H14S/c1-2-14-8-3-4-9-15(14)17-11-7-12-18-16-10-5-6-13-19(16)21-20(17)18/h2-13H,1H2. The highest BCUT2D eigenvalue weighted by atomic mass is 32.1. The van der Waals surface area contributed by atoms with Gasteiger partial charge < -0.3 is 0 Å². The summed E-state index contributed by atoms with van der Waals surface area (Å²) in [7, 11) is 0. The van der Waals surface area contributed by atoms with Gasteiger partial charge in [-0.15, -0.1) is 11.3 Å². The molecule has 0 bridgehead atoms. The second kappa shape index (κ2) is 4.87. The van der Waals surface area contributed by atoms with E-state index in [0.29, 0.717) is 0 Å². The smallest absolute Gasteiger partial charge is 0.0434 e. The molecule has 0 saturated carbocycles. The van der Waals surface area contributed by atoms with E-state index in [9.17, 15) is 0 Å². The van der Waals surface area contributed by atoms with Gasteiger partial charge in [0.2, 0.25) is 0 Å². The quantitative estimate of drug-likeness (QED) is 0.402. The molecule has 0 aliphatic rings. The molecule has 1 heterocycles. The van der Waals surface area contributed by atoms with E-state index in [4.69, 9.17) is 0 Å². The van der Waals surface area contributed by atoms with Crippen LogP contribution < -0.4 is 0 Å². The number of fused-ring (bicyclic) bond motifs is 3. The van der Waals surface area contributed by atoms with E-state index in [1.807, 2.05) is 17.4 Å². The van der Waals surface area contributed by atoms with Gasteiger partial charge in [-0.3, -0.25) is 0 Å². The molecule has 0 spiro atoms. The average molecular weight is 286 g/mol. The molecule has 4 aromatic rings. The maximum absolute atomic E-state index is 3.94. The molecule has 100 valence electrons. The predicted molar refractivity (Wildman–Crippen MR) is 94.9 cm³/mol. The van der Waals surface area contributed by atoms with Gasteiger partial charge in [0, 0.05) is 25.7 Å². The SMILES string of the molecule is C=Cc1ccccc1-c1cccc2c1sc1ccccc12. The molecule has 21 heavy (non-hydrogen) atoms. The minimum absolute atomic E-state index is 1.18. The lowest BCUT2D eigenvalue weighted by atomic mass is 9.98. The van der Waals surface area contributed by atoms with Gasteiger partial charge in [0.15, 0.2) is 0 Å². The Morgan fingerprint density at radius 1 is 0.714 bits per heavy atom. The molecule has 3 aromatic carbocycles. The van der Waals surface area contributed by atoms with Crippen LogP contribution in [0, 0.1) is 0 Å². The van der Waals surface area contributed by atoms with Crippen molar-refractivity contribution in [2.24, 2.45) is 0 Å². The first-order valence-corrected chi connectivity index (χ1v) is 7.82. The number of thiophene rings is 1. The summed E-state index contributed by atoms with van der Waals surface area (Å²) in [5.74, 6) is 0. The predicted octanol–water partition coefficient (Wildman–Crippen LogP) is 6.36. The third kappa shape index (κ3) is 1.90. The third-order valence-corrected chi connectivity index (χ3v) is 5.10. The van der Waals surface area contributed by atoms with Crippen LogP contribution in [0.1, 0.15) is 5.56 Å². The van der Waals surface area contributed by atoms with Gasteiger partial charge in [-0.1, -0.05) is 73.3 Å². The van der Waals surface area contributed by atoms with E-state index < -0.39 is 0 Å². The minimum Gasteiger partial charge on any atom is -0.135 e. The largest absolute Gasteiger partial charge is 0.135 e. The van der Waals surface area contributed by atoms with Crippen molar-refractivity contribution >= 4 is 37.6 Å². The van der Waals surface area contributed by atoms with Gasteiger partial charge in [-0.2, -0.15) is 0 Å². The molecule has 0 amide bonds. The summed E-state index contributed by atoms with van der Waals surface area (Å²) in [4.78, 5) is 0. The summed E-state index contributed by atoms with van der Waals surface area (Å²) >= 11 is 1.87. The Balaban J connectivity index is 2.12. The van der Waals surface area contributed by atoms with Crippen LogP contribution in [0.15, 0.2) is 73.3 Å². The fraction of sp³-hybridized carbons (Fsp3) is 0. The molecule has 0 saturated heterocycles. The lowest BCUT2D eigenvalue weighted by Crippen LogP contribution is -1.82. The maximum atomic E-state index is 3.94. The first-order chi connectivity index (χ1) is 10.4. The van der Waals surface area contributed by atoms with Gasteiger partial charge >= 0.3 is 0 Å². The van der Waals surface area contributed by atoms with Gasteiger partial charge in [0.25, 0.3) is 0 Å². The van der Waals surface area contributed by atoms with Crippen molar-refractivity contribution in [1.82, 2.24) is 0 Å². The summed E-state index contributed by atoms with van der Waals surface area (Å²) in [6.07, 6.45) is 1.93. The minimum atomic E-state index is 1.18. The van der Waals surface area contributed by atoms with E-state index in [0.717, 1.165) is 0 Å². The fourth-order valence-corrected chi connectivity index (χ4v) is 4.11. The molecule has 0 fully saturated rings. The summed E-state index contributed by atoms with van der Waals surface area (Å²) in [5.41, 5.74) is 3.73. The molecule has 0 aliphatic carbocycles. The van der Waals surface area contributed by atoms with Crippen LogP contribution in [0.25, 0.3) is 37.4 Å². The molecule has 0 atom stereocenters. The van der Waals surface area contributed by atoms with E-state index in [1.54, 1.807) is 0 Å². The van der Waals surface area contributed by atoms with Crippen LogP contribution in [0.5, 0.6) is 0 Å². The number of hydrogen-bond acceptors (Lipinski definition) is 1. The Hall–Kier alpha value is -2.38. The third-order valence-electron chi connectivity index (χ3n) is 3.88. The first-order valence-electron chi connectivity index (χ1n) is 7.00. The topological polar surface area (TPSA) is 0 Å². The Morgan fingerprint density at radius 2 is 1.43 bits per heavy atom. The van der Waals surface area contributed by atoms with Crippen LogP contribution in [0.2, 0.25) is 0 Å². The molecule has 1 heteroatoms. The first kappa shape index (κ1) is 12.4. The summed E-state index contributed by atoms with van der Waals surface area (Å²) in [5, 5.41) is 2.68. The van der Waals surface area contributed by atoms with Crippen LogP contribution in [-0.2, 0) is 0 Å². The van der Waals surface area contributed by atoms with Crippen molar-refractivity contribution in [2.75, 3.05) is 0 Å². The van der Waals surface area contributed by atoms with E-state index in [-0.39, 0.29) is 0 Å². The monoisotopic (exact) mass is 286 g/mol. The zero-order chi connectivity index (χ0) is 14.2. The molecule has 0 radical (unpaired) electrons. The van der Waals surface area contributed by atoms with E-state index >= 15 is 0 Å². The van der Waals surface area contributed by atoms with Crippen molar-refractivity contribution < 1.29 is 0 Å². The Morgan fingerprint density at radius 3 is 2.33 bits per heavy atom. The summed E-state index contributed by atoms with van der Waals surface area (Å²) in [6, 6.07) is 23.6. The van der Waals surface area contributed by atoms with Gasteiger partial charge in [-0.05, 0) is 17.2 Å². The number of benzene rings is 3. The second-order valence-electron chi connectivity index (χ2n) is 5.07. The molecule has 0 unspecified atom stereocenters. The highest BCUT2D eigenvalue weighted by molar-refractivity contribution is 7.26. The number of hydrogen-bond donors (Lipinski definition) is 0. The molecular formula is C20H14S. The molecular weight excluding hydrogens is 272 g/mol. The van der Waals surface area contributed by atoms with Crippen molar-refractivity contribution in [3.05, 3.63) is 78.9 Å². The summed E-state index contributed by atoms with van der Waals surface area (Å²) < 4.78 is 2.70. The van der Waals surface area contributed by atoms with E-state index in [1.165, 1.54) is 36.9 Å². The second-order valence-corrected chi connectivity index (χ2v) is 6.12. The van der Waals surface area contributed by atoms with Gasteiger partial charge in [0.05, 0.1) is 0 Å². The Kier molecular flexibility index (Phi) is 2.87. The fourth-order valence-electron chi connectivity index (χ4n) is 2.88. The van der Waals surface area contributed by atoms with Crippen molar-refractivity contribution in [3.63, 3.8) is 0 Å². The highest BCUT2D eigenvalue weighted by Crippen LogP contribution is 2.40. The van der Waals surface area contributed by atoms with Crippen LogP contribution in [-0.4, -0.2) is 0 Å². The van der Waals surface area contributed by atoms with Gasteiger partial charge in [-0.25, -0.2) is 0 Å². The van der Waals surface area contributed by atoms with E-state index in [2.05, 4.69) is 73.3 Å². The lowest BCUT2D eigenvalue weighted by Gasteiger charge is -2.07. The van der Waals surface area contributed by atoms with Gasteiger partial charge in [0.1, 0.15) is 0 Å².